The third kappa shape index (κ3) is 10.8. The summed E-state index contributed by atoms with van der Waals surface area (Å²) in [5.41, 5.74) is 6.76. The van der Waals surface area contributed by atoms with Gasteiger partial charge in [0, 0.05) is 16.8 Å². The van der Waals surface area contributed by atoms with Crippen molar-refractivity contribution < 1.29 is 23.1 Å². The summed E-state index contributed by atoms with van der Waals surface area (Å²) in [5, 5.41) is 17.4. The Morgan fingerprint density at radius 3 is 2.04 bits per heavy atom. The zero-order valence-corrected chi connectivity index (χ0v) is 27.9. The molecule has 4 aromatic rings. The maximum Gasteiger partial charge on any atom is 0.335 e. The van der Waals surface area contributed by atoms with Crippen LogP contribution in [0.3, 0.4) is 0 Å². The molecule has 0 aliphatic heterocycles. The van der Waals surface area contributed by atoms with Gasteiger partial charge in [-0.1, -0.05) is 107 Å². The number of amides is 1. The van der Waals surface area contributed by atoms with E-state index >= 15 is 0 Å². The number of nitrogens with one attached hydrogen (secondary N) is 1. The minimum atomic E-state index is -3.90. The molecule has 0 heterocycles. The molecule has 0 saturated heterocycles. The predicted octanol–water partition coefficient (Wildman–Crippen LogP) is 9.55. The molecule has 246 valence electrons. The van der Waals surface area contributed by atoms with Crippen LogP contribution in [0.4, 0.5) is 5.69 Å². The zero-order chi connectivity index (χ0) is 33.7. The van der Waals surface area contributed by atoms with Crippen LogP contribution in [0.1, 0.15) is 98.7 Å². The average Bonchev–Trinajstić information content (AvgIpc) is 3.04. The fourth-order valence-corrected chi connectivity index (χ4v) is 5.21. The number of carbonyl (C=O) groups excluding carboxylic acids is 1. The topological polar surface area (TPSA) is 127 Å². The van der Waals surface area contributed by atoms with Crippen LogP contribution in [0.2, 0.25) is 0 Å². The highest BCUT2D eigenvalue weighted by atomic mass is 32.2. The van der Waals surface area contributed by atoms with Crippen molar-refractivity contribution in [3.05, 3.63) is 125 Å². The fraction of sp³-hybridized carbons (Fsp3) is 0.263. The number of carboxylic acid groups (broad SMARTS) is 1. The largest absolute Gasteiger partial charge is 0.478 e. The number of carboxylic acids is 1. The summed E-state index contributed by atoms with van der Waals surface area (Å²) in [6.07, 6.45) is 2.96. The predicted molar refractivity (Wildman–Crippen MR) is 192 cm³/mol. The number of hydrogen-bond acceptors (Lipinski definition) is 4. The van der Waals surface area contributed by atoms with Gasteiger partial charge in [0.15, 0.2) is 0 Å². The first kappa shape index (κ1) is 39.5. The number of carbonyl (C=O) groups is 2. The summed E-state index contributed by atoms with van der Waals surface area (Å²) in [4.78, 5) is 24.2. The number of anilines is 1. The van der Waals surface area contributed by atoms with Gasteiger partial charge in [-0.3, -0.25) is 4.79 Å². The molecule has 0 bridgehead atoms. The van der Waals surface area contributed by atoms with E-state index in [-0.39, 0.29) is 23.8 Å². The van der Waals surface area contributed by atoms with Crippen molar-refractivity contribution in [3.63, 3.8) is 0 Å². The van der Waals surface area contributed by atoms with Gasteiger partial charge in [-0.2, -0.15) is 0 Å². The third-order valence-electron chi connectivity index (χ3n) is 7.25. The highest BCUT2D eigenvalue weighted by Gasteiger charge is 2.17. The third-order valence-corrected chi connectivity index (χ3v) is 8.22. The van der Waals surface area contributed by atoms with Crippen LogP contribution < -0.4 is 10.5 Å². The highest BCUT2D eigenvalue weighted by molar-refractivity contribution is 7.89. The van der Waals surface area contributed by atoms with E-state index in [0.29, 0.717) is 22.4 Å². The van der Waals surface area contributed by atoms with Crippen LogP contribution in [0, 0.1) is 6.92 Å². The molecule has 46 heavy (non-hydrogen) atoms. The molecular formula is C38H48N2O5S. The number of aryl methyl sites for hydroxylation is 1. The van der Waals surface area contributed by atoms with Gasteiger partial charge in [-0.15, -0.1) is 0 Å². The molecule has 7 nitrogen and oxygen atoms in total. The second kappa shape index (κ2) is 18.4. The van der Waals surface area contributed by atoms with Crippen molar-refractivity contribution in [2.45, 2.75) is 73.1 Å². The molecule has 1 unspecified atom stereocenters. The number of primary sulfonamides is 1. The van der Waals surface area contributed by atoms with E-state index in [9.17, 15) is 23.1 Å². The van der Waals surface area contributed by atoms with Crippen LogP contribution >= 0.6 is 0 Å². The Hall–Kier alpha value is -4.53. The van der Waals surface area contributed by atoms with E-state index in [2.05, 4.69) is 56.4 Å². The van der Waals surface area contributed by atoms with Gasteiger partial charge in [-0.25, -0.2) is 18.4 Å². The standard InChI is InChI=1S/C24H24N2O5S.C11H14.C2H6.CH4/c1-3-15(2)19-13-12-18(24(28)29)14-21(19)26-23(27)17-10-8-16(9-11-17)20-6-4-5-7-22(20)32(25,30)31;1-4-10(3)11-7-5-6-9(2)8-11;1-2;/h4-15H,3H2,1-2H3,(H,26,27)(H,28,29)(H2,25,30,31);4-8H,1-3H3;1-2H3;1H4/b;10-4-;;. The molecule has 4 N–H and O–H groups in total. The molecule has 8 heteroatoms. The van der Waals surface area contributed by atoms with Crippen LogP contribution in [-0.4, -0.2) is 25.4 Å². The summed E-state index contributed by atoms with van der Waals surface area (Å²) in [6.45, 7) is 14.3. The van der Waals surface area contributed by atoms with E-state index in [1.54, 1.807) is 48.5 Å². The molecule has 1 atom stereocenters. The number of rotatable bonds is 8. The molecular weight excluding hydrogens is 596 g/mol. The average molecular weight is 645 g/mol. The molecule has 0 spiro atoms. The van der Waals surface area contributed by atoms with Crippen molar-refractivity contribution in [2.24, 2.45) is 5.14 Å². The summed E-state index contributed by atoms with van der Waals surface area (Å²) in [6, 6.07) is 26.1. The Morgan fingerprint density at radius 2 is 1.50 bits per heavy atom. The quantitative estimate of drug-likeness (QED) is 0.176. The lowest BCUT2D eigenvalue weighted by molar-refractivity contribution is 0.0696. The van der Waals surface area contributed by atoms with Crippen molar-refractivity contribution in [3.8, 4) is 11.1 Å². The van der Waals surface area contributed by atoms with Crippen LogP contribution in [0.5, 0.6) is 0 Å². The minimum absolute atomic E-state index is 0. The lowest BCUT2D eigenvalue weighted by atomic mass is 9.95. The summed E-state index contributed by atoms with van der Waals surface area (Å²) >= 11 is 0. The number of benzene rings is 4. The van der Waals surface area contributed by atoms with Gasteiger partial charge < -0.3 is 10.4 Å². The normalized spacial score (nSPS) is 11.4. The first-order chi connectivity index (χ1) is 21.3. The summed E-state index contributed by atoms with van der Waals surface area (Å²) in [5.74, 6) is -1.34. The molecule has 4 aromatic carbocycles. The second-order valence-electron chi connectivity index (χ2n) is 10.3. The molecule has 0 radical (unpaired) electrons. The number of sulfonamides is 1. The van der Waals surface area contributed by atoms with E-state index < -0.39 is 21.9 Å². The molecule has 4 rings (SSSR count). The van der Waals surface area contributed by atoms with Crippen LogP contribution in [0.15, 0.2) is 102 Å². The smallest absolute Gasteiger partial charge is 0.335 e. The van der Waals surface area contributed by atoms with E-state index in [1.165, 1.54) is 34.9 Å². The Labute approximate surface area is 275 Å². The van der Waals surface area contributed by atoms with Crippen molar-refractivity contribution in [1.29, 1.82) is 0 Å². The molecule has 1 amide bonds. The van der Waals surface area contributed by atoms with Gasteiger partial charge in [-0.05, 0) is 85.7 Å². The SMILES string of the molecule is C.C/C=C(/C)c1cccc(C)c1.CC.CCC(C)c1ccc(C(=O)O)cc1NC(=O)c1ccc(-c2ccccc2S(N)(=O)=O)cc1. The monoisotopic (exact) mass is 644 g/mol. The van der Waals surface area contributed by atoms with Crippen molar-refractivity contribution in [2.75, 3.05) is 5.32 Å². The maximum atomic E-state index is 12.9. The van der Waals surface area contributed by atoms with E-state index in [0.717, 1.165) is 12.0 Å². The molecule has 0 saturated carbocycles. The summed E-state index contributed by atoms with van der Waals surface area (Å²) < 4.78 is 23.7. The first-order valence-corrected chi connectivity index (χ1v) is 16.5. The highest BCUT2D eigenvalue weighted by Crippen LogP contribution is 2.30. The van der Waals surface area contributed by atoms with E-state index in [1.807, 2.05) is 27.7 Å². The van der Waals surface area contributed by atoms with Crippen molar-refractivity contribution in [1.82, 2.24) is 0 Å². The Balaban J connectivity index is 0.000000636. The van der Waals surface area contributed by atoms with Crippen LogP contribution in [-0.2, 0) is 10.0 Å². The van der Waals surface area contributed by atoms with Gasteiger partial charge in [0.2, 0.25) is 10.0 Å². The number of nitrogens with two attached hydrogens (primary N) is 1. The lowest BCUT2D eigenvalue weighted by Crippen LogP contribution is -2.15. The van der Waals surface area contributed by atoms with Gasteiger partial charge in [0.25, 0.3) is 5.91 Å². The van der Waals surface area contributed by atoms with Crippen molar-refractivity contribution >= 4 is 33.2 Å². The first-order valence-electron chi connectivity index (χ1n) is 15.0. The van der Waals surface area contributed by atoms with Crippen LogP contribution in [0.25, 0.3) is 16.7 Å². The van der Waals surface area contributed by atoms with Gasteiger partial charge in [0.05, 0.1) is 10.5 Å². The van der Waals surface area contributed by atoms with E-state index in [4.69, 9.17) is 5.14 Å². The zero-order valence-electron chi connectivity index (χ0n) is 27.1. The second-order valence-corrected chi connectivity index (χ2v) is 11.9. The maximum absolute atomic E-state index is 12.9. The Morgan fingerprint density at radius 1 is 0.891 bits per heavy atom. The molecule has 0 fully saturated rings. The Bertz CT molecular complexity index is 1740. The summed E-state index contributed by atoms with van der Waals surface area (Å²) in [7, 11) is -3.90. The molecule has 0 aliphatic carbocycles. The molecule has 0 aromatic heterocycles. The number of hydrogen-bond donors (Lipinski definition) is 3. The molecule has 0 aliphatic rings. The lowest BCUT2D eigenvalue weighted by Gasteiger charge is -2.17. The number of aromatic carboxylic acids is 1. The minimum Gasteiger partial charge on any atom is -0.478 e. The van der Waals surface area contributed by atoms with Gasteiger partial charge in [0.1, 0.15) is 0 Å². The number of allylic oxidation sites excluding steroid dienone is 2. The Kier molecular flexibility index (Phi) is 15.8. The fourth-order valence-electron chi connectivity index (χ4n) is 4.45. The van der Waals surface area contributed by atoms with Gasteiger partial charge >= 0.3 is 5.97 Å².